The molecule has 2 aromatic heterocycles. The number of nitrogens with one attached hydrogen (secondary N) is 1. The van der Waals surface area contributed by atoms with Gasteiger partial charge >= 0.3 is 0 Å². The molecule has 104 valence electrons. The highest BCUT2D eigenvalue weighted by atomic mass is 79.9. The number of pyridine rings is 2. The lowest BCUT2D eigenvalue weighted by atomic mass is 9.99. The summed E-state index contributed by atoms with van der Waals surface area (Å²) >= 11 is 3.48. The highest BCUT2D eigenvalue weighted by molar-refractivity contribution is 9.10. The van der Waals surface area contributed by atoms with E-state index < -0.39 is 0 Å². The molecule has 0 fully saturated rings. The first kappa shape index (κ1) is 13.8. The molecule has 4 heteroatoms. The van der Waals surface area contributed by atoms with E-state index in [0.717, 1.165) is 15.9 Å². The standard InChI is InChI=1S/C17H14BrN3/c18-17-15(7-4-10-20-17)21-16(13-5-2-1-3-6-13)14-8-11-19-12-9-14/h1-12,16,21H. The summed E-state index contributed by atoms with van der Waals surface area (Å²) in [4.78, 5) is 8.36. The first-order chi connectivity index (χ1) is 10.3. The molecule has 2 heterocycles. The Morgan fingerprint density at radius 1 is 0.810 bits per heavy atom. The van der Waals surface area contributed by atoms with Crippen LogP contribution in [-0.4, -0.2) is 9.97 Å². The van der Waals surface area contributed by atoms with Gasteiger partial charge in [0.15, 0.2) is 0 Å². The van der Waals surface area contributed by atoms with Gasteiger partial charge in [-0.1, -0.05) is 30.3 Å². The SMILES string of the molecule is Brc1ncccc1NC(c1ccccc1)c1ccncc1. The van der Waals surface area contributed by atoms with E-state index in [4.69, 9.17) is 0 Å². The number of halogens is 1. The van der Waals surface area contributed by atoms with Gasteiger partial charge in [0.25, 0.3) is 0 Å². The van der Waals surface area contributed by atoms with E-state index in [0.29, 0.717) is 0 Å². The van der Waals surface area contributed by atoms with E-state index >= 15 is 0 Å². The molecule has 3 rings (SSSR count). The average molecular weight is 340 g/mol. The van der Waals surface area contributed by atoms with E-state index in [1.807, 2.05) is 54.9 Å². The molecular formula is C17H14BrN3. The Morgan fingerprint density at radius 3 is 2.24 bits per heavy atom. The maximum absolute atomic E-state index is 4.26. The molecule has 0 aliphatic carbocycles. The lowest BCUT2D eigenvalue weighted by Gasteiger charge is -2.21. The predicted octanol–water partition coefficient (Wildman–Crippen LogP) is 4.44. The van der Waals surface area contributed by atoms with Gasteiger partial charge in [-0.3, -0.25) is 4.98 Å². The number of hydrogen-bond donors (Lipinski definition) is 1. The van der Waals surface area contributed by atoms with Crippen molar-refractivity contribution < 1.29 is 0 Å². The first-order valence-electron chi connectivity index (χ1n) is 6.66. The average Bonchev–Trinajstić information content (AvgIpc) is 2.56. The summed E-state index contributed by atoms with van der Waals surface area (Å²) in [5.41, 5.74) is 3.31. The topological polar surface area (TPSA) is 37.8 Å². The summed E-state index contributed by atoms with van der Waals surface area (Å²) < 4.78 is 0.806. The Bertz CT molecular complexity index is 662. The monoisotopic (exact) mass is 339 g/mol. The Morgan fingerprint density at radius 2 is 1.52 bits per heavy atom. The molecule has 0 radical (unpaired) electrons. The number of nitrogens with zero attached hydrogens (tertiary/aromatic N) is 2. The van der Waals surface area contributed by atoms with Crippen LogP contribution in [0.2, 0.25) is 0 Å². The van der Waals surface area contributed by atoms with Gasteiger partial charge in [0, 0.05) is 18.6 Å². The van der Waals surface area contributed by atoms with Gasteiger partial charge < -0.3 is 5.32 Å². The molecule has 1 unspecified atom stereocenters. The Hall–Kier alpha value is -2.20. The molecule has 0 saturated carbocycles. The fourth-order valence-corrected chi connectivity index (χ4v) is 2.57. The van der Waals surface area contributed by atoms with E-state index in [-0.39, 0.29) is 6.04 Å². The van der Waals surface area contributed by atoms with Crippen LogP contribution in [0, 0.1) is 0 Å². The van der Waals surface area contributed by atoms with Crippen LogP contribution >= 0.6 is 15.9 Å². The van der Waals surface area contributed by atoms with Crippen LogP contribution in [0.15, 0.2) is 77.8 Å². The summed E-state index contributed by atoms with van der Waals surface area (Å²) in [6.45, 7) is 0. The number of rotatable bonds is 4. The zero-order chi connectivity index (χ0) is 14.5. The summed E-state index contributed by atoms with van der Waals surface area (Å²) in [5.74, 6) is 0. The van der Waals surface area contributed by atoms with Crippen LogP contribution in [0.1, 0.15) is 17.2 Å². The van der Waals surface area contributed by atoms with Crippen LogP contribution in [0.25, 0.3) is 0 Å². The quantitative estimate of drug-likeness (QED) is 0.714. The second kappa shape index (κ2) is 6.50. The zero-order valence-electron chi connectivity index (χ0n) is 11.3. The van der Waals surface area contributed by atoms with Gasteiger partial charge in [-0.15, -0.1) is 0 Å². The van der Waals surface area contributed by atoms with Crippen LogP contribution in [0.5, 0.6) is 0 Å². The molecule has 0 amide bonds. The minimum absolute atomic E-state index is 0.0506. The molecule has 0 aliphatic rings. The van der Waals surface area contributed by atoms with Crippen LogP contribution in [0.3, 0.4) is 0 Å². The third-order valence-corrected chi connectivity index (χ3v) is 3.86. The molecule has 3 nitrogen and oxygen atoms in total. The van der Waals surface area contributed by atoms with Crippen molar-refractivity contribution in [3.05, 3.63) is 88.9 Å². The normalized spacial score (nSPS) is 11.9. The predicted molar refractivity (Wildman–Crippen MR) is 88.1 cm³/mol. The molecule has 0 saturated heterocycles. The van der Waals surface area contributed by atoms with Crippen molar-refractivity contribution in [1.29, 1.82) is 0 Å². The molecule has 0 spiro atoms. The number of benzene rings is 1. The van der Waals surface area contributed by atoms with Gasteiger partial charge in [0.1, 0.15) is 4.60 Å². The fraction of sp³-hybridized carbons (Fsp3) is 0.0588. The highest BCUT2D eigenvalue weighted by Gasteiger charge is 2.14. The van der Waals surface area contributed by atoms with Gasteiger partial charge in [0.05, 0.1) is 11.7 Å². The van der Waals surface area contributed by atoms with Crippen molar-refractivity contribution in [2.45, 2.75) is 6.04 Å². The minimum Gasteiger partial charge on any atom is -0.372 e. The zero-order valence-corrected chi connectivity index (χ0v) is 12.9. The second-order valence-electron chi connectivity index (χ2n) is 4.61. The second-order valence-corrected chi connectivity index (χ2v) is 5.36. The molecule has 1 atom stereocenters. The van der Waals surface area contributed by atoms with Gasteiger partial charge in [-0.25, -0.2) is 4.98 Å². The van der Waals surface area contributed by atoms with Crippen molar-refractivity contribution in [2.24, 2.45) is 0 Å². The van der Waals surface area contributed by atoms with E-state index in [1.165, 1.54) is 5.56 Å². The third kappa shape index (κ3) is 3.28. The van der Waals surface area contributed by atoms with Gasteiger partial charge in [-0.2, -0.15) is 0 Å². The fourth-order valence-electron chi connectivity index (χ4n) is 2.21. The molecule has 0 aliphatic heterocycles. The van der Waals surface area contributed by atoms with Crippen LogP contribution in [0.4, 0.5) is 5.69 Å². The summed E-state index contributed by atoms with van der Waals surface area (Å²) in [5, 5.41) is 3.54. The van der Waals surface area contributed by atoms with E-state index in [2.05, 4.69) is 43.3 Å². The molecule has 21 heavy (non-hydrogen) atoms. The maximum atomic E-state index is 4.26. The third-order valence-electron chi connectivity index (χ3n) is 3.23. The largest absolute Gasteiger partial charge is 0.372 e. The summed E-state index contributed by atoms with van der Waals surface area (Å²) in [6, 6.07) is 18.4. The van der Waals surface area contributed by atoms with E-state index in [1.54, 1.807) is 6.20 Å². The van der Waals surface area contributed by atoms with Crippen LogP contribution < -0.4 is 5.32 Å². The molecule has 1 aromatic carbocycles. The number of anilines is 1. The Labute approximate surface area is 132 Å². The van der Waals surface area contributed by atoms with Gasteiger partial charge in [-0.05, 0) is 51.3 Å². The van der Waals surface area contributed by atoms with E-state index in [9.17, 15) is 0 Å². The summed E-state index contributed by atoms with van der Waals surface area (Å²) in [6.07, 6.45) is 5.38. The molecule has 1 N–H and O–H groups in total. The minimum atomic E-state index is 0.0506. The highest BCUT2D eigenvalue weighted by Crippen LogP contribution is 2.29. The van der Waals surface area contributed by atoms with Crippen molar-refractivity contribution in [3.8, 4) is 0 Å². The Balaban J connectivity index is 1.99. The maximum Gasteiger partial charge on any atom is 0.129 e. The van der Waals surface area contributed by atoms with Crippen LogP contribution in [-0.2, 0) is 0 Å². The summed E-state index contributed by atoms with van der Waals surface area (Å²) in [7, 11) is 0. The molecule has 0 bridgehead atoms. The number of aromatic nitrogens is 2. The van der Waals surface area contributed by atoms with Crippen molar-refractivity contribution >= 4 is 21.6 Å². The van der Waals surface area contributed by atoms with Gasteiger partial charge in [0.2, 0.25) is 0 Å². The first-order valence-corrected chi connectivity index (χ1v) is 7.46. The Kier molecular flexibility index (Phi) is 4.26. The van der Waals surface area contributed by atoms with Crippen molar-refractivity contribution in [3.63, 3.8) is 0 Å². The van der Waals surface area contributed by atoms with Crippen molar-refractivity contribution in [1.82, 2.24) is 9.97 Å². The number of hydrogen-bond acceptors (Lipinski definition) is 3. The lowest BCUT2D eigenvalue weighted by Crippen LogP contribution is -2.13. The molecule has 3 aromatic rings. The smallest absolute Gasteiger partial charge is 0.129 e. The lowest BCUT2D eigenvalue weighted by molar-refractivity contribution is 0.929. The van der Waals surface area contributed by atoms with Crippen molar-refractivity contribution in [2.75, 3.05) is 5.32 Å². The molecular weight excluding hydrogens is 326 g/mol.